The predicted octanol–water partition coefficient (Wildman–Crippen LogP) is 2.48. The number of rotatable bonds is 4. The van der Waals surface area contributed by atoms with Crippen molar-refractivity contribution in [2.24, 2.45) is 0 Å². The van der Waals surface area contributed by atoms with Crippen LogP contribution in [-0.4, -0.2) is 36.7 Å². The smallest absolute Gasteiger partial charge is 0.407 e. The topological polar surface area (TPSA) is 84.9 Å². The number of phenols is 1. The van der Waals surface area contributed by atoms with Gasteiger partial charge in [-0.2, -0.15) is 0 Å². The van der Waals surface area contributed by atoms with E-state index in [0.29, 0.717) is 19.3 Å². The number of ether oxygens (including phenoxy) is 2. The van der Waals surface area contributed by atoms with Gasteiger partial charge in [-0.15, -0.1) is 0 Å². The number of methoxy groups -OCH3 is 1. The number of alkyl carbamates (subject to hydrolysis) is 1. The molecule has 1 amide bonds. The van der Waals surface area contributed by atoms with Gasteiger partial charge in [0, 0.05) is 18.5 Å². The van der Waals surface area contributed by atoms with Crippen LogP contribution in [0.25, 0.3) is 0 Å². The zero-order chi connectivity index (χ0) is 17.5. The Bertz CT molecular complexity index is 635. The lowest BCUT2D eigenvalue weighted by molar-refractivity contribution is 0.0529. The number of aldehydes is 1. The van der Waals surface area contributed by atoms with E-state index < -0.39 is 11.7 Å². The minimum Gasteiger partial charge on any atom is -0.503 e. The van der Waals surface area contributed by atoms with Gasteiger partial charge in [0.25, 0.3) is 0 Å². The van der Waals surface area contributed by atoms with Gasteiger partial charge in [-0.05, 0) is 32.9 Å². The molecule has 0 aliphatic rings. The first-order valence-corrected chi connectivity index (χ1v) is 7.09. The summed E-state index contributed by atoms with van der Waals surface area (Å²) in [4.78, 5) is 22.4. The van der Waals surface area contributed by atoms with Crippen LogP contribution >= 0.6 is 0 Å². The highest BCUT2D eigenvalue weighted by molar-refractivity contribution is 5.82. The Labute approximate surface area is 135 Å². The number of carbonyl (C=O) groups excluding carboxylic acids is 2. The third-order valence-corrected chi connectivity index (χ3v) is 2.65. The average molecular weight is 319 g/mol. The Balaban J connectivity index is 2.67. The number of amides is 1. The maximum Gasteiger partial charge on any atom is 0.407 e. The monoisotopic (exact) mass is 319 g/mol. The fraction of sp³-hybridized carbons (Fsp3) is 0.412. The SMILES string of the molecule is COc1ccc(C=O)c(C#CCCNC(=O)OC(C)(C)C)c1O. The molecule has 23 heavy (non-hydrogen) atoms. The molecule has 0 spiro atoms. The van der Waals surface area contributed by atoms with Crippen molar-refractivity contribution in [3.05, 3.63) is 23.3 Å². The van der Waals surface area contributed by atoms with Crippen LogP contribution < -0.4 is 10.1 Å². The summed E-state index contributed by atoms with van der Waals surface area (Å²) in [6.07, 6.45) is 0.438. The highest BCUT2D eigenvalue weighted by Gasteiger charge is 2.15. The van der Waals surface area contributed by atoms with Gasteiger partial charge in [-0.1, -0.05) is 11.8 Å². The van der Waals surface area contributed by atoms with Gasteiger partial charge in [-0.25, -0.2) is 4.79 Å². The average Bonchev–Trinajstić information content (AvgIpc) is 2.46. The van der Waals surface area contributed by atoms with Crippen LogP contribution in [0, 0.1) is 11.8 Å². The van der Waals surface area contributed by atoms with E-state index in [9.17, 15) is 14.7 Å². The predicted molar refractivity (Wildman–Crippen MR) is 85.8 cm³/mol. The highest BCUT2D eigenvalue weighted by Crippen LogP contribution is 2.30. The molecule has 0 aromatic heterocycles. The molecule has 0 heterocycles. The van der Waals surface area contributed by atoms with E-state index in [2.05, 4.69) is 17.2 Å². The maximum absolute atomic E-state index is 11.4. The van der Waals surface area contributed by atoms with Crippen molar-refractivity contribution in [3.8, 4) is 23.3 Å². The fourth-order valence-electron chi connectivity index (χ4n) is 1.67. The van der Waals surface area contributed by atoms with Gasteiger partial charge in [0.15, 0.2) is 17.8 Å². The Morgan fingerprint density at radius 1 is 1.39 bits per heavy atom. The molecular weight excluding hydrogens is 298 g/mol. The maximum atomic E-state index is 11.4. The van der Waals surface area contributed by atoms with Crippen molar-refractivity contribution in [3.63, 3.8) is 0 Å². The van der Waals surface area contributed by atoms with E-state index in [1.807, 2.05) is 0 Å². The molecule has 6 heteroatoms. The Morgan fingerprint density at radius 2 is 2.09 bits per heavy atom. The first-order valence-electron chi connectivity index (χ1n) is 7.09. The van der Waals surface area contributed by atoms with E-state index in [-0.39, 0.29) is 22.6 Å². The minimum atomic E-state index is -0.555. The summed E-state index contributed by atoms with van der Waals surface area (Å²) in [7, 11) is 1.41. The summed E-state index contributed by atoms with van der Waals surface area (Å²) in [5, 5.41) is 12.6. The third kappa shape index (κ3) is 5.91. The number of hydrogen-bond donors (Lipinski definition) is 2. The zero-order valence-electron chi connectivity index (χ0n) is 13.7. The van der Waals surface area contributed by atoms with E-state index in [4.69, 9.17) is 9.47 Å². The second-order valence-corrected chi connectivity index (χ2v) is 5.68. The molecule has 0 saturated carbocycles. The molecule has 2 N–H and O–H groups in total. The first-order chi connectivity index (χ1) is 10.8. The van der Waals surface area contributed by atoms with E-state index in [1.165, 1.54) is 19.2 Å². The number of phenolic OH excluding ortho intramolecular Hbond substituents is 1. The molecule has 1 aromatic carbocycles. The van der Waals surface area contributed by atoms with Crippen LogP contribution in [0.2, 0.25) is 0 Å². The van der Waals surface area contributed by atoms with E-state index in [0.717, 1.165) is 0 Å². The second-order valence-electron chi connectivity index (χ2n) is 5.68. The standard InChI is InChI=1S/C17H21NO5/c1-17(2,3)23-16(21)18-10-6-5-7-13-12(11-19)8-9-14(22-4)15(13)20/h8-9,11,20H,6,10H2,1-4H3,(H,18,21). The summed E-state index contributed by atoms with van der Waals surface area (Å²) in [6.45, 7) is 5.62. The van der Waals surface area contributed by atoms with Gasteiger partial charge in [0.05, 0.1) is 12.7 Å². The summed E-state index contributed by atoms with van der Waals surface area (Å²) in [5.41, 5.74) is -0.0754. The van der Waals surface area contributed by atoms with Crippen LogP contribution in [0.4, 0.5) is 4.79 Å². The van der Waals surface area contributed by atoms with Gasteiger partial charge in [0.1, 0.15) is 5.60 Å². The Morgan fingerprint density at radius 3 is 2.65 bits per heavy atom. The number of hydrogen-bond acceptors (Lipinski definition) is 5. The van der Waals surface area contributed by atoms with E-state index >= 15 is 0 Å². The molecule has 0 bridgehead atoms. The number of benzene rings is 1. The summed E-state index contributed by atoms with van der Waals surface area (Å²) >= 11 is 0. The van der Waals surface area contributed by atoms with Gasteiger partial charge >= 0.3 is 6.09 Å². The molecule has 6 nitrogen and oxygen atoms in total. The molecule has 124 valence electrons. The van der Waals surface area contributed by atoms with Gasteiger partial charge in [-0.3, -0.25) is 4.79 Å². The molecule has 0 saturated heterocycles. The molecular formula is C17H21NO5. The quantitative estimate of drug-likeness (QED) is 0.506. The Kier molecular flexibility index (Phi) is 6.46. The molecule has 1 aromatic rings. The normalized spacial score (nSPS) is 10.3. The van der Waals surface area contributed by atoms with Crippen molar-refractivity contribution in [2.45, 2.75) is 32.8 Å². The summed E-state index contributed by atoms with van der Waals surface area (Å²) in [6, 6.07) is 3.02. The largest absolute Gasteiger partial charge is 0.503 e. The van der Waals surface area contributed by atoms with Crippen LogP contribution in [0.5, 0.6) is 11.5 Å². The third-order valence-electron chi connectivity index (χ3n) is 2.65. The minimum absolute atomic E-state index is 0.176. The highest BCUT2D eigenvalue weighted by atomic mass is 16.6. The zero-order valence-corrected chi connectivity index (χ0v) is 13.7. The molecule has 0 unspecified atom stereocenters. The lowest BCUT2D eigenvalue weighted by Gasteiger charge is -2.19. The van der Waals surface area contributed by atoms with Crippen LogP contribution in [0.15, 0.2) is 12.1 Å². The molecule has 0 atom stereocenters. The van der Waals surface area contributed by atoms with Crippen LogP contribution in [0.3, 0.4) is 0 Å². The lowest BCUT2D eigenvalue weighted by Crippen LogP contribution is -2.32. The summed E-state index contributed by atoms with van der Waals surface area (Å²) in [5.74, 6) is 5.58. The van der Waals surface area contributed by atoms with Gasteiger partial charge < -0.3 is 19.9 Å². The second kappa shape index (κ2) is 8.08. The fourth-order valence-corrected chi connectivity index (χ4v) is 1.67. The van der Waals surface area contributed by atoms with Crippen molar-refractivity contribution in [1.82, 2.24) is 5.32 Å². The molecule has 0 aliphatic heterocycles. The van der Waals surface area contributed by atoms with Crippen molar-refractivity contribution in [1.29, 1.82) is 0 Å². The summed E-state index contributed by atoms with van der Waals surface area (Å²) < 4.78 is 10.1. The lowest BCUT2D eigenvalue weighted by atomic mass is 10.1. The molecule has 0 fully saturated rings. The van der Waals surface area contributed by atoms with Crippen LogP contribution in [0.1, 0.15) is 43.1 Å². The first kappa shape index (κ1) is 18.4. The molecule has 0 radical (unpaired) electrons. The number of nitrogens with one attached hydrogen (secondary N) is 1. The van der Waals surface area contributed by atoms with Crippen molar-refractivity contribution in [2.75, 3.05) is 13.7 Å². The van der Waals surface area contributed by atoms with Gasteiger partial charge in [0.2, 0.25) is 0 Å². The van der Waals surface area contributed by atoms with E-state index in [1.54, 1.807) is 20.8 Å². The molecule has 1 rings (SSSR count). The van der Waals surface area contributed by atoms with Crippen LogP contribution in [-0.2, 0) is 4.74 Å². The van der Waals surface area contributed by atoms with Crippen molar-refractivity contribution < 1.29 is 24.2 Å². The van der Waals surface area contributed by atoms with Crippen molar-refractivity contribution >= 4 is 12.4 Å². The Hall–Kier alpha value is -2.68. The molecule has 0 aliphatic carbocycles. The number of carbonyl (C=O) groups is 2. The number of aromatic hydroxyl groups is 1.